The Hall–Kier alpha value is -2.25. The molecule has 1 fully saturated rings. The van der Waals surface area contributed by atoms with Crippen LogP contribution in [0, 0.1) is 11.8 Å². The van der Waals surface area contributed by atoms with E-state index >= 15 is 0 Å². The van der Waals surface area contributed by atoms with Gasteiger partial charge in [-0.1, -0.05) is 12.8 Å². The zero-order valence-corrected chi connectivity index (χ0v) is 14.2. The van der Waals surface area contributed by atoms with Gasteiger partial charge in [-0.2, -0.15) is 13.2 Å². The van der Waals surface area contributed by atoms with Gasteiger partial charge < -0.3 is 15.2 Å². The molecule has 144 valence electrons. The number of ether oxygens (including phenoxy) is 1. The summed E-state index contributed by atoms with van der Waals surface area (Å²) in [6, 6.07) is 6.27. The van der Waals surface area contributed by atoms with Crippen LogP contribution in [-0.4, -0.2) is 29.8 Å². The van der Waals surface area contributed by atoms with Crippen molar-refractivity contribution in [3.63, 3.8) is 0 Å². The summed E-state index contributed by atoms with van der Waals surface area (Å²) < 4.78 is 44.7. The molecule has 26 heavy (non-hydrogen) atoms. The first-order valence-electron chi connectivity index (χ1n) is 8.59. The number of hydrogen-bond acceptors (Lipinski definition) is 3. The van der Waals surface area contributed by atoms with Gasteiger partial charge in [0, 0.05) is 18.0 Å². The predicted molar refractivity (Wildman–Crippen MR) is 88.9 cm³/mol. The average Bonchev–Trinajstić information content (AvgIpc) is 2.59. The topological polar surface area (TPSA) is 75.6 Å². The summed E-state index contributed by atoms with van der Waals surface area (Å²) in [4.78, 5) is 22.7. The molecule has 0 bridgehead atoms. The molecule has 1 aromatic rings. The monoisotopic (exact) mass is 373 g/mol. The van der Waals surface area contributed by atoms with Gasteiger partial charge in [0.05, 0.1) is 12.5 Å². The SMILES string of the molecule is O=C(O)CCCOc1ccc(NC(=O)C2CCCCC2C(F)(F)F)cc1. The van der Waals surface area contributed by atoms with Crippen LogP contribution in [0.15, 0.2) is 24.3 Å². The molecular formula is C18H22F3NO4. The van der Waals surface area contributed by atoms with E-state index in [4.69, 9.17) is 9.84 Å². The highest BCUT2D eigenvalue weighted by Crippen LogP contribution is 2.41. The van der Waals surface area contributed by atoms with Crippen molar-refractivity contribution in [1.82, 2.24) is 0 Å². The van der Waals surface area contributed by atoms with E-state index in [2.05, 4.69) is 5.32 Å². The van der Waals surface area contributed by atoms with Crippen molar-refractivity contribution in [2.75, 3.05) is 11.9 Å². The van der Waals surface area contributed by atoms with Gasteiger partial charge in [0.2, 0.25) is 5.91 Å². The Morgan fingerprint density at radius 2 is 1.81 bits per heavy atom. The third-order valence-corrected chi connectivity index (χ3v) is 4.45. The lowest BCUT2D eigenvalue weighted by Crippen LogP contribution is -2.39. The molecule has 8 heteroatoms. The molecule has 0 saturated heterocycles. The van der Waals surface area contributed by atoms with Crippen molar-refractivity contribution in [3.8, 4) is 5.75 Å². The Kier molecular flexibility index (Phi) is 6.88. The van der Waals surface area contributed by atoms with Crippen molar-refractivity contribution < 1.29 is 32.6 Å². The van der Waals surface area contributed by atoms with Gasteiger partial charge in [0.15, 0.2) is 0 Å². The zero-order valence-electron chi connectivity index (χ0n) is 14.2. The highest BCUT2D eigenvalue weighted by molar-refractivity contribution is 5.92. The Morgan fingerprint density at radius 3 is 2.42 bits per heavy atom. The first-order chi connectivity index (χ1) is 12.3. The number of rotatable bonds is 7. The number of hydrogen-bond donors (Lipinski definition) is 2. The van der Waals surface area contributed by atoms with Gasteiger partial charge in [0.1, 0.15) is 5.75 Å². The van der Waals surface area contributed by atoms with Crippen LogP contribution < -0.4 is 10.1 Å². The van der Waals surface area contributed by atoms with Crippen LogP contribution in [0.4, 0.5) is 18.9 Å². The molecular weight excluding hydrogens is 351 g/mol. The molecule has 1 amide bonds. The Labute approximate surface area is 149 Å². The van der Waals surface area contributed by atoms with E-state index in [0.29, 0.717) is 30.7 Å². The number of halogens is 3. The van der Waals surface area contributed by atoms with Crippen LogP contribution in [0.2, 0.25) is 0 Å². The summed E-state index contributed by atoms with van der Waals surface area (Å²) >= 11 is 0. The standard InChI is InChI=1S/C18H22F3NO4/c19-18(20,21)15-5-2-1-4-14(15)17(25)22-12-7-9-13(10-8-12)26-11-3-6-16(23)24/h7-10,14-15H,1-6,11H2,(H,22,25)(H,23,24). The second-order valence-corrected chi connectivity index (χ2v) is 6.40. The summed E-state index contributed by atoms with van der Waals surface area (Å²) in [6.07, 6.45) is -2.65. The summed E-state index contributed by atoms with van der Waals surface area (Å²) in [5, 5.41) is 11.1. The Balaban J connectivity index is 1.89. The van der Waals surface area contributed by atoms with Crippen LogP contribution in [0.25, 0.3) is 0 Å². The molecule has 5 nitrogen and oxygen atoms in total. The van der Waals surface area contributed by atoms with Crippen LogP contribution in [-0.2, 0) is 9.59 Å². The predicted octanol–water partition coefficient (Wildman–Crippen LogP) is 4.24. The van der Waals surface area contributed by atoms with Gasteiger partial charge >= 0.3 is 12.1 Å². The molecule has 0 aromatic heterocycles. The summed E-state index contributed by atoms with van der Waals surface area (Å²) in [5.74, 6) is -3.66. The lowest BCUT2D eigenvalue weighted by molar-refractivity contribution is -0.197. The molecule has 2 atom stereocenters. The zero-order chi connectivity index (χ0) is 19.2. The lowest BCUT2D eigenvalue weighted by Gasteiger charge is -2.32. The number of carbonyl (C=O) groups is 2. The number of amides is 1. The molecule has 0 spiro atoms. The summed E-state index contributed by atoms with van der Waals surface area (Å²) in [7, 11) is 0. The normalized spacial score (nSPS) is 20.4. The van der Waals surface area contributed by atoms with Crippen molar-refractivity contribution in [3.05, 3.63) is 24.3 Å². The highest BCUT2D eigenvalue weighted by atomic mass is 19.4. The molecule has 1 aliphatic carbocycles. The molecule has 1 aliphatic rings. The maximum Gasteiger partial charge on any atom is 0.392 e. The van der Waals surface area contributed by atoms with E-state index in [9.17, 15) is 22.8 Å². The minimum atomic E-state index is -4.37. The minimum Gasteiger partial charge on any atom is -0.494 e. The number of nitrogens with one attached hydrogen (secondary N) is 1. The molecule has 1 aromatic carbocycles. The fourth-order valence-corrected chi connectivity index (χ4v) is 3.12. The smallest absolute Gasteiger partial charge is 0.392 e. The van der Waals surface area contributed by atoms with E-state index in [1.165, 1.54) is 0 Å². The number of alkyl halides is 3. The van der Waals surface area contributed by atoms with E-state index in [1.54, 1.807) is 24.3 Å². The minimum absolute atomic E-state index is 0.00922. The van der Waals surface area contributed by atoms with Gasteiger partial charge in [0.25, 0.3) is 0 Å². The summed E-state index contributed by atoms with van der Waals surface area (Å²) in [6.45, 7) is 0.243. The van der Waals surface area contributed by atoms with Gasteiger partial charge in [-0.05, 0) is 43.5 Å². The van der Waals surface area contributed by atoms with Crippen molar-refractivity contribution in [2.24, 2.45) is 11.8 Å². The number of carboxylic acid groups (broad SMARTS) is 1. The van der Waals surface area contributed by atoms with Crippen LogP contribution in [0.5, 0.6) is 5.75 Å². The van der Waals surface area contributed by atoms with Gasteiger partial charge in [-0.25, -0.2) is 0 Å². The summed E-state index contributed by atoms with van der Waals surface area (Å²) in [5.41, 5.74) is 0.402. The maximum atomic E-state index is 13.1. The Bertz CT molecular complexity index is 616. The molecule has 1 saturated carbocycles. The number of carboxylic acids is 1. The second-order valence-electron chi connectivity index (χ2n) is 6.40. The van der Waals surface area contributed by atoms with Crippen LogP contribution >= 0.6 is 0 Å². The number of carbonyl (C=O) groups excluding carboxylic acids is 1. The molecule has 0 aliphatic heterocycles. The first kappa shape index (κ1) is 20.1. The molecule has 2 rings (SSSR count). The lowest BCUT2D eigenvalue weighted by atomic mass is 9.78. The number of anilines is 1. The van der Waals surface area contributed by atoms with Crippen molar-refractivity contribution in [2.45, 2.75) is 44.7 Å². The fourth-order valence-electron chi connectivity index (χ4n) is 3.12. The van der Waals surface area contributed by atoms with E-state index in [0.717, 1.165) is 0 Å². The molecule has 2 N–H and O–H groups in total. The van der Waals surface area contributed by atoms with E-state index in [1.807, 2.05) is 0 Å². The van der Waals surface area contributed by atoms with E-state index in [-0.39, 0.29) is 25.9 Å². The average molecular weight is 373 g/mol. The van der Waals surface area contributed by atoms with Gasteiger partial charge in [-0.3, -0.25) is 9.59 Å². The largest absolute Gasteiger partial charge is 0.494 e. The van der Waals surface area contributed by atoms with E-state index < -0.39 is 29.9 Å². The van der Waals surface area contributed by atoms with Crippen molar-refractivity contribution >= 4 is 17.6 Å². The molecule has 2 unspecified atom stereocenters. The highest BCUT2D eigenvalue weighted by Gasteiger charge is 2.48. The Morgan fingerprint density at radius 1 is 1.15 bits per heavy atom. The van der Waals surface area contributed by atoms with Gasteiger partial charge in [-0.15, -0.1) is 0 Å². The van der Waals surface area contributed by atoms with Crippen molar-refractivity contribution in [1.29, 1.82) is 0 Å². The first-order valence-corrected chi connectivity index (χ1v) is 8.59. The quantitative estimate of drug-likeness (QED) is 0.701. The van der Waals surface area contributed by atoms with Crippen LogP contribution in [0.1, 0.15) is 38.5 Å². The third-order valence-electron chi connectivity index (χ3n) is 4.45. The molecule has 0 heterocycles. The molecule has 0 radical (unpaired) electrons. The number of aliphatic carboxylic acids is 1. The maximum absolute atomic E-state index is 13.1. The third kappa shape index (κ3) is 5.93. The van der Waals surface area contributed by atoms with Crippen LogP contribution in [0.3, 0.4) is 0 Å². The number of benzene rings is 1. The second kappa shape index (κ2) is 8.91. The fraction of sp³-hybridized carbons (Fsp3) is 0.556.